The van der Waals surface area contributed by atoms with E-state index in [1.807, 2.05) is 42.6 Å². The van der Waals surface area contributed by atoms with E-state index in [-0.39, 0.29) is 0 Å². The van der Waals surface area contributed by atoms with E-state index in [1.165, 1.54) is 24.1 Å². The first-order valence-corrected chi connectivity index (χ1v) is 9.14. The molecule has 2 aromatic carbocycles. The Morgan fingerprint density at radius 2 is 1.73 bits per heavy atom. The number of aromatic nitrogens is 1. The molecular weight excluding hydrogens is 322 g/mol. The smallest absolute Gasteiger partial charge is 0.158 e. The van der Waals surface area contributed by atoms with Crippen LogP contribution in [-0.2, 0) is 6.61 Å². The third-order valence-electron chi connectivity index (χ3n) is 5.01. The average molecular weight is 343 g/mol. The van der Waals surface area contributed by atoms with Gasteiger partial charge in [-0.1, -0.05) is 30.3 Å². The summed E-state index contributed by atoms with van der Waals surface area (Å²) in [5.41, 5.74) is 3.58. The number of nitrogens with zero attached hydrogens (tertiary/aromatic N) is 3. The molecule has 1 aliphatic heterocycles. The van der Waals surface area contributed by atoms with Gasteiger partial charge >= 0.3 is 0 Å². The Hall–Kier alpha value is -3.01. The third kappa shape index (κ3) is 2.88. The highest BCUT2D eigenvalue weighted by atomic mass is 16.5. The van der Waals surface area contributed by atoms with Crippen LogP contribution in [0, 0.1) is 0 Å². The van der Waals surface area contributed by atoms with Gasteiger partial charge in [0.2, 0.25) is 0 Å². The van der Waals surface area contributed by atoms with Crippen molar-refractivity contribution in [3.05, 3.63) is 78.5 Å². The van der Waals surface area contributed by atoms with E-state index in [2.05, 4.69) is 45.1 Å². The van der Waals surface area contributed by atoms with Crippen LogP contribution in [0.4, 0.5) is 17.2 Å². The first-order valence-electron chi connectivity index (χ1n) is 9.14. The summed E-state index contributed by atoms with van der Waals surface area (Å²) in [5.74, 6) is 1.94. The fraction of sp³-hybridized carbons (Fsp3) is 0.227. The highest BCUT2D eigenvalue weighted by molar-refractivity contribution is 5.79. The fourth-order valence-corrected chi connectivity index (χ4v) is 3.48. The molecule has 0 amide bonds. The summed E-state index contributed by atoms with van der Waals surface area (Å²) < 4.78 is 5.90. The van der Waals surface area contributed by atoms with Gasteiger partial charge < -0.3 is 14.5 Å². The molecule has 3 aromatic rings. The molecule has 2 aliphatic rings. The van der Waals surface area contributed by atoms with Gasteiger partial charge in [0, 0.05) is 17.9 Å². The van der Waals surface area contributed by atoms with Crippen molar-refractivity contribution < 1.29 is 4.74 Å². The van der Waals surface area contributed by atoms with E-state index >= 15 is 0 Å². The van der Waals surface area contributed by atoms with Gasteiger partial charge in [-0.3, -0.25) is 0 Å². The van der Waals surface area contributed by atoms with E-state index in [1.54, 1.807) is 0 Å². The van der Waals surface area contributed by atoms with Crippen LogP contribution in [0.15, 0.2) is 72.9 Å². The highest BCUT2D eigenvalue weighted by Gasteiger charge is 2.37. The van der Waals surface area contributed by atoms with Gasteiger partial charge in [0.15, 0.2) is 5.82 Å². The van der Waals surface area contributed by atoms with Crippen molar-refractivity contribution in [3.63, 3.8) is 0 Å². The van der Waals surface area contributed by atoms with E-state index in [0.29, 0.717) is 12.6 Å². The zero-order chi connectivity index (χ0) is 17.3. The summed E-state index contributed by atoms with van der Waals surface area (Å²) in [6, 6.07) is 23.4. The minimum atomic E-state index is 0.587. The molecule has 1 aromatic heterocycles. The van der Waals surface area contributed by atoms with Gasteiger partial charge in [-0.15, -0.1) is 0 Å². The number of hydrogen-bond acceptors (Lipinski definition) is 4. The molecule has 130 valence electrons. The molecule has 2 heterocycles. The van der Waals surface area contributed by atoms with Crippen LogP contribution in [0.2, 0.25) is 0 Å². The molecule has 26 heavy (non-hydrogen) atoms. The molecule has 0 saturated heterocycles. The van der Waals surface area contributed by atoms with Crippen molar-refractivity contribution in [1.29, 1.82) is 0 Å². The zero-order valence-electron chi connectivity index (χ0n) is 14.6. The van der Waals surface area contributed by atoms with Crippen molar-refractivity contribution >= 4 is 17.2 Å². The lowest BCUT2D eigenvalue weighted by Crippen LogP contribution is -2.29. The number of hydrogen-bond donors (Lipinski definition) is 0. The van der Waals surface area contributed by atoms with Gasteiger partial charge in [0.1, 0.15) is 12.4 Å². The van der Waals surface area contributed by atoms with E-state index in [4.69, 9.17) is 4.74 Å². The van der Waals surface area contributed by atoms with Crippen LogP contribution in [0.1, 0.15) is 18.4 Å². The summed E-state index contributed by atoms with van der Waals surface area (Å²) in [6.07, 6.45) is 4.45. The number of pyridine rings is 1. The van der Waals surface area contributed by atoms with Crippen molar-refractivity contribution in [2.75, 3.05) is 16.5 Å². The van der Waals surface area contributed by atoms with Crippen LogP contribution in [-0.4, -0.2) is 17.7 Å². The van der Waals surface area contributed by atoms with E-state index in [0.717, 1.165) is 23.9 Å². The Labute approximate surface area is 153 Å². The lowest BCUT2D eigenvalue weighted by atomic mass is 10.2. The summed E-state index contributed by atoms with van der Waals surface area (Å²) in [4.78, 5) is 9.39. The van der Waals surface area contributed by atoms with E-state index < -0.39 is 0 Å². The first-order chi connectivity index (χ1) is 12.9. The van der Waals surface area contributed by atoms with Crippen molar-refractivity contribution in [2.24, 2.45) is 0 Å². The lowest BCUT2D eigenvalue weighted by molar-refractivity contribution is 0.306. The summed E-state index contributed by atoms with van der Waals surface area (Å²) in [6.45, 7) is 1.46. The largest absolute Gasteiger partial charge is 0.489 e. The van der Waals surface area contributed by atoms with Crippen LogP contribution >= 0.6 is 0 Å². The third-order valence-corrected chi connectivity index (χ3v) is 5.01. The van der Waals surface area contributed by atoms with Gasteiger partial charge in [0.05, 0.1) is 12.4 Å². The minimum Gasteiger partial charge on any atom is -0.489 e. The minimum absolute atomic E-state index is 0.587. The van der Waals surface area contributed by atoms with Gasteiger partial charge in [0.25, 0.3) is 0 Å². The molecule has 1 fully saturated rings. The second kappa shape index (κ2) is 6.37. The molecule has 0 unspecified atom stereocenters. The number of anilines is 3. The molecule has 1 aliphatic carbocycles. The molecule has 0 radical (unpaired) electrons. The van der Waals surface area contributed by atoms with Gasteiger partial charge in [-0.25, -0.2) is 4.98 Å². The maximum absolute atomic E-state index is 5.90. The molecule has 5 rings (SSSR count). The highest BCUT2D eigenvalue weighted by Crippen LogP contribution is 2.44. The zero-order valence-corrected chi connectivity index (χ0v) is 14.6. The van der Waals surface area contributed by atoms with Crippen molar-refractivity contribution in [2.45, 2.75) is 25.5 Å². The molecule has 0 N–H and O–H groups in total. The van der Waals surface area contributed by atoms with Crippen LogP contribution in [0.25, 0.3) is 0 Å². The summed E-state index contributed by atoms with van der Waals surface area (Å²) >= 11 is 0. The second-order valence-electron chi connectivity index (χ2n) is 6.88. The number of benzene rings is 2. The summed E-state index contributed by atoms with van der Waals surface area (Å²) in [5, 5.41) is 0. The predicted molar refractivity (Wildman–Crippen MR) is 104 cm³/mol. The van der Waals surface area contributed by atoms with Crippen molar-refractivity contribution in [3.8, 4) is 5.75 Å². The van der Waals surface area contributed by atoms with E-state index in [9.17, 15) is 0 Å². The Kier molecular flexibility index (Phi) is 3.74. The van der Waals surface area contributed by atoms with Crippen LogP contribution in [0.3, 0.4) is 0 Å². The average Bonchev–Trinajstić information content (AvgIpc) is 3.48. The molecule has 0 spiro atoms. The van der Waals surface area contributed by atoms with Crippen LogP contribution in [0.5, 0.6) is 5.75 Å². The van der Waals surface area contributed by atoms with Gasteiger partial charge in [-0.2, -0.15) is 0 Å². The molecule has 0 bridgehead atoms. The normalized spacial score (nSPS) is 15.8. The molecule has 1 saturated carbocycles. The predicted octanol–water partition coefficient (Wildman–Crippen LogP) is 4.74. The Bertz CT molecular complexity index is 891. The SMILES string of the molecule is c1ccc(COc2ccc(N3CN(C4CC4)c4cccnc43)cc2)cc1. The standard InChI is InChI=1S/C22H21N3O/c1-2-5-17(6-3-1)15-26-20-12-10-19(11-13-20)25-16-24(18-8-9-18)21-7-4-14-23-22(21)25/h1-7,10-14,18H,8-9,15-16H2. The lowest BCUT2D eigenvalue weighted by Gasteiger charge is -2.21. The first kappa shape index (κ1) is 15.3. The quantitative estimate of drug-likeness (QED) is 0.669. The summed E-state index contributed by atoms with van der Waals surface area (Å²) in [7, 11) is 0. The number of rotatable bonds is 5. The Morgan fingerprint density at radius 3 is 2.50 bits per heavy atom. The van der Waals surface area contributed by atoms with Gasteiger partial charge in [-0.05, 0) is 54.8 Å². The van der Waals surface area contributed by atoms with Crippen LogP contribution < -0.4 is 14.5 Å². The molecule has 4 nitrogen and oxygen atoms in total. The monoisotopic (exact) mass is 343 g/mol. The molecule has 4 heteroatoms. The Morgan fingerprint density at radius 1 is 0.923 bits per heavy atom. The molecular formula is C22H21N3O. The van der Waals surface area contributed by atoms with Crippen molar-refractivity contribution in [1.82, 2.24) is 4.98 Å². The maximum Gasteiger partial charge on any atom is 0.158 e. The topological polar surface area (TPSA) is 28.6 Å². The number of fused-ring (bicyclic) bond motifs is 1. The fourth-order valence-electron chi connectivity index (χ4n) is 3.48. The Balaban J connectivity index is 1.33. The number of ether oxygens (including phenoxy) is 1. The second-order valence-corrected chi connectivity index (χ2v) is 6.88. The maximum atomic E-state index is 5.90. The molecule has 0 atom stereocenters.